The Morgan fingerprint density at radius 2 is 1.02 bits per heavy atom. The van der Waals surface area contributed by atoms with Gasteiger partial charge in [-0.05, 0) is 140 Å². The van der Waals surface area contributed by atoms with Gasteiger partial charge < -0.3 is 20.3 Å². The van der Waals surface area contributed by atoms with E-state index in [1.165, 1.54) is 32.2 Å². The highest BCUT2D eigenvalue weighted by molar-refractivity contribution is 14.1. The average molecular weight is 1090 g/mol. The molecule has 0 saturated carbocycles. The van der Waals surface area contributed by atoms with Crippen LogP contribution in [-0.2, 0) is 20.0 Å². The smallest absolute Gasteiger partial charge is 0.488 e. The van der Waals surface area contributed by atoms with Crippen molar-refractivity contribution in [2.45, 2.75) is 31.1 Å². The first-order valence-corrected chi connectivity index (χ1v) is 22.6. The van der Waals surface area contributed by atoms with Crippen molar-refractivity contribution in [1.82, 2.24) is 17.9 Å². The monoisotopic (exact) mass is 1080 g/mol. The highest BCUT2D eigenvalue weighted by atomic mass is 127. The van der Waals surface area contributed by atoms with Crippen LogP contribution in [0.1, 0.15) is 18.6 Å². The maximum Gasteiger partial charge on any atom is 0.488 e. The van der Waals surface area contributed by atoms with Gasteiger partial charge >= 0.3 is 7.12 Å². The molecule has 3 radical (unpaired) electrons. The average Bonchev–Trinajstić information content (AvgIpc) is 3.74. The first kappa shape index (κ1) is 48.2. The van der Waals surface area contributed by atoms with Crippen LogP contribution in [0.3, 0.4) is 0 Å². The van der Waals surface area contributed by atoms with E-state index in [0.29, 0.717) is 22.1 Å². The maximum atomic E-state index is 13.2. The van der Waals surface area contributed by atoms with Gasteiger partial charge in [-0.1, -0.05) is 67.1 Å². The minimum atomic E-state index is -3.80. The molecule has 0 unspecified atom stereocenters. The summed E-state index contributed by atoms with van der Waals surface area (Å²) in [6.07, 6.45) is 6.34. The lowest BCUT2D eigenvalue weighted by Crippen LogP contribution is -2.29. The number of pyridine rings is 2. The molecule has 12 nitrogen and oxygen atoms in total. The van der Waals surface area contributed by atoms with Crippen molar-refractivity contribution in [2.75, 3.05) is 0 Å². The zero-order chi connectivity index (χ0) is 41.9. The topological polar surface area (TPSA) is 185 Å². The highest BCUT2D eigenvalue weighted by Crippen LogP contribution is 2.34. The molecule has 8 rings (SSSR count). The van der Waals surface area contributed by atoms with Gasteiger partial charge in [-0.25, -0.2) is 34.7 Å². The second-order valence-electron chi connectivity index (χ2n) is 12.8. The number of halogens is 3. The van der Waals surface area contributed by atoms with E-state index in [-0.39, 0.29) is 37.1 Å². The van der Waals surface area contributed by atoms with Gasteiger partial charge in [0.15, 0.2) is 11.3 Å². The zero-order valence-electron chi connectivity index (χ0n) is 31.0. The summed E-state index contributed by atoms with van der Waals surface area (Å²) in [6.45, 7) is 3.83. The molecule has 307 valence electrons. The van der Waals surface area contributed by atoms with E-state index < -0.39 is 27.2 Å². The number of aromatic nitrogens is 4. The fourth-order valence-electron chi connectivity index (χ4n) is 5.60. The van der Waals surface area contributed by atoms with Crippen LogP contribution in [0.15, 0.2) is 153 Å². The van der Waals surface area contributed by atoms with Crippen LogP contribution in [0.2, 0.25) is 0 Å². The first-order valence-electron chi connectivity index (χ1n) is 17.0. The molecular weight excluding hydrogens is 1050 g/mol. The first-order chi connectivity index (χ1) is 27.4. The number of nitrogens with zero attached hydrogens (tertiary/aromatic N) is 4. The van der Waals surface area contributed by atoms with Crippen molar-refractivity contribution in [3.05, 3.63) is 158 Å². The summed E-state index contributed by atoms with van der Waals surface area (Å²) < 4.78 is 56.8. The van der Waals surface area contributed by atoms with Gasteiger partial charge in [0, 0.05) is 62.1 Å². The summed E-state index contributed by atoms with van der Waals surface area (Å²) in [4.78, 5) is 9.04. The van der Waals surface area contributed by atoms with Gasteiger partial charge in [0.2, 0.25) is 0 Å². The molecule has 0 spiro atoms. The second kappa shape index (κ2) is 19.9. The molecule has 19 heteroatoms. The number of hydrogen-bond donors (Lipinski definition) is 4. The second-order valence-corrected chi connectivity index (χ2v) is 19.4. The molecular formula is C41H36B2Br2IN4O8S2. The summed E-state index contributed by atoms with van der Waals surface area (Å²) in [5, 5.41) is 37.0. The summed E-state index contributed by atoms with van der Waals surface area (Å²) in [5.41, 5.74) is 4.66. The van der Waals surface area contributed by atoms with E-state index in [1.807, 2.05) is 26.0 Å². The van der Waals surface area contributed by atoms with E-state index in [9.17, 15) is 21.9 Å². The van der Waals surface area contributed by atoms with E-state index in [2.05, 4.69) is 64.4 Å². The lowest BCUT2D eigenvalue weighted by atomic mass is 9.80. The van der Waals surface area contributed by atoms with Crippen LogP contribution in [0.5, 0.6) is 11.5 Å². The van der Waals surface area contributed by atoms with Crippen LogP contribution >= 0.6 is 54.5 Å². The van der Waals surface area contributed by atoms with Crippen molar-refractivity contribution >= 4 is 118 Å². The molecule has 0 aliphatic rings. The quantitative estimate of drug-likeness (QED) is 0.0940. The fourth-order valence-corrected chi connectivity index (χ4v) is 9.78. The normalized spacial score (nSPS) is 11.1. The van der Waals surface area contributed by atoms with E-state index in [4.69, 9.17) is 15.2 Å². The molecule has 0 aliphatic heterocycles. The lowest BCUT2D eigenvalue weighted by molar-refractivity contribution is 0.425. The van der Waals surface area contributed by atoms with Crippen molar-refractivity contribution in [3.8, 4) is 22.6 Å². The Morgan fingerprint density at radius 3 is 1.47 bits per heavy atom. The molecule has 0 amide bonds. The number of aryl methyl sites for hydroxylation is 2. The third kappa shape index (κ3) is 10.7. The molecule has 0 saturated heterocycles. The number of rotatable bonds is 6. The Kier molecular flexibility index (Phi) is 16.0. The number of phenols is 2. The maximum absolute atomic E-state index is 13.2. The minimum absolute atomic E-state index is 0. The van der Waals surface area contributed by atoms with Gasteiger partial charge in [-0.2, -0.15) is 0 Å². The largest absolute Gasteiger partial charge is 0.508 e. The summed E-state index contributed by atoms with van der Waals surface area (Å²) in [7, 11) is -8.90. The minimum Gasteiger partial charge on any atom is -0.508 e. The van der Waals surface area contributed by atoms with E-state index >= 15 is 0 Å². The van der Waals surface area contributed by atoms with Crippen molar-refractivity contribution in [2.24, 2.45) is 0 Å². The van der Waals surface area contributed by atoms with Crippen LogP contribution in [0, 0.1) is 17.4 Å². The summed E-state index contributed by atoms with van der Waals surface area (Å²) in [6, 6.07) is 29.5. The number of aromatic hydroxyl groups is 2. The van der Waals surface area contributed by atoms with Crippen LogP contribution in [-0.4, -0.2) is 70.5 Å². The van der Waals surface area contributed by atoms with Gasteiger partial charge in [-0.15, -0.1) is 0 Å². The predicted octanol–water partition coefficient (Wildman–Crippen LogP) is 7.99. The molecule has 0 bridgehead atoms. The molecule has 4 heterocycles. The standard InChI is InChI=1S/C20H15BrN2O3S.C14H10BrIN2O2S.C6H7BO3.CH4.B/c1-13-2-8-17(9-3-13)27(25,26)23-12-19(14-4-6-16(24)7-5-14)18-10-15(21)11-22-20(18)23;1-9-2-4-11(5-3-9)21(19,20)18-8-13(16)12-6-10(15)7-17-14(12)18;8-6-3-1-5(2-4-6)7(9)10;;/h2-12,24H,1H3;2-8H,1H3;1-4,8-10H;1H4;. The number of benzene rings is 4. The number of phenolic OH excluding ortho intramolecular Hbond substituents is 2. The Morgan fingerprint density at radius 1 is 0.617 bits per heavy atom. The molecule has 60 heavy (non-hydrogen) atoms. The molecule has 0 atom stereocenters. The molecule has 4 aromatic heterocycles. The van der Waals surface area contributed by atoms with Crippen molar-refractivity contribution in [1.29, 1.82) is 0 Å². The summed E-state index contributed by atoms with van der Waals surface area (Å²) in [5.74, 6) is 0.262. The SMILES string of the molecule is C.Cc1ccc(S(=O)(=O)n2cc(-c3ccc(O)cc3)c3cc(Br)cnc32)cc1.Cc1ccc(S(=O)(=O)n2cc(I)c3cc(Br)cnc32)cc1.OB(O)c1ccc(O)cc1.[B]. The van der Waals surface area contributed by atoms with Gasteiger partial charge in [0.05, 0.1) is 9.79 Å². The van der Waals surface area contributed by atoms with E-state index in [0.717, 1.165) is 40.2 Å². The van der Waals surface area contributed by atoms with Crippen molar-refractivity contribution < 1.29 is 37.1 Å². The van der Waals surface area contributed by atoms with Crippen LogP contribution < -0.4 is 5.46 Å². The predicted molar refractivity (Wildman–Crippen MR) is 253 cm³/mol. The van der Waals surface area contributed by atoms with Crippen LogP contribution in [0.25, 0.3) is 33.2 Å². The van der Waals surface area contributed by atoms with Gasteiger partial charge in [-0.3, -0.25) is 0 Å². The number of fused-ring (bicyclic) bond motifs is 2. The third-order valence-corrected chi connectivity index (χ3v) is 13.7. The Balaban J connectivity index is 0.000000214. The third-order valence-electron chi connectivity index (χ3n) is 8.63. The Hall–Kier alpha value is -4.50. The van der Waals surface area contributed by atoms with Crippen LogP contribution in [0.4, 0.5) is 0 Å². The van der Waals surface area contributed by atoms with Gasteiger partial charge in [0.25, 0.3) is 20.0 Å². The number of hydrogen-bond acceptors (Lipinski definition) is 10. The van der Waals surface area contributed by atoms with E-state index in [1.54, 1.807) is 97.6 Å². The summed E-state index contributed by atoms with van der Waals surface area (Å²) >= 11 is 8.87. The molecule has 4 aromatic carbocycles. The van der Waals surface area contributed by atoms with Crippen molar-refractivity contribution in [3.63, 3.8) is 0 Å². The highest BCUT2D eigenvalue weighted by Gasteiger charge is 2.24. The molecule has 8 aromatic rings. The lowest BCUT2D eigenvalue weighted by Gasteiger charge is -2.07. The molecule has 0 aliphatic carbocycles. The molecule has 4 N–H and O–H groups in total. The Labute approximate surface area is 380 Å². The van der Waals surface area contributed by atoms with Gasteiger partial charge in [0.1, 0.15) is 11.5 Å². The molecule has 0 fully saturated rings. The fraction of sp³-hybridized carbons (Fsp3) is 0.0732. The Bertz CT molecular complexity index is 2970. The zero-order valence-corrected chi connectivity index (χ0v) is 38.0.